The monoisotopic (exact) mass is 385 g/mol. The molecular formula is C19H20FN5OS. The van der Waals surface area contributed by atoms with Crippen LogP contribution < -0.4 is 5.84 Å². The van der Waals surface area contributed by atoms with E-state index < -0.39 is 0 Å². The van der Waals surface area contributed by atoms with Crippen molar-refractivity contribution in [1.82, 2.24) is 19.8 Å². The van der Waals surface area contributed by atoms with Crippen molar-refractivity contribution >= 4 is 17.7 Å². The van der Waals surface area contributed by atoms with Crippen molar-refractivity contribution in [3.63, 3.8) is 0 Å². The average Bonchev–Trinajstić information content (AvgIpc) is 3.06. The molecule has 1 aromatic heterocycles. The van der Waals surface area contributed by atoms with Gasteiger partial charge in [0.2, 0.25) is 11.1 Å². The van der Waals surface area contributed by atoms with Crippen LogP contribution in [0.3, 0.4) is 0 Å². The highest BCUT2D eigenvalue weighted by Crippen LogP contribution is 2.24. The molecule has 6 nitrogen and oxygen atoms in total. The second-order valence-electron chi connectivity index (χ2n) is 6.06. The lowest BCUT2D eigenvalue weighted by molar-refractivity contribution is -0.128. The molecule has 27 heavy (non-hydrogen) atoms. The Hall–Kier alpha value is -2.87. The van der Waals surface area contributed by atoms with Gasteiger partial charge in [-0.25, -0.2) is 9.07 Å². The van der Waals surface area contributed by atoms with E-state index in [2.05, 4.69) is 10.2 Å². The summed E-state index contributed by atoms with van der Waals surface area (Å²) in [5.41, 5.74) is 1.72. The van der Waals surface area contributed by atoms with Crippen LogP contribution in [-0.4, -0.2) is 38.5 Å². The van der Waals surface area contributed by atoms with Crippen LogP contribution in [0.4, 0.5) is 4.39 Å². The molecule has 1 heterocycles. The highest BCUT2D eigenvalue weighted by molar-refractivity contribution is 7.99. The Morgan fingerprint density at radius 3 is 2.52 bits per heavy atom. The number of halogens is 1. The molecule has 140 valence electrons. The van der Waals surface area contributed by atoms with Crippen molar-refractivity contribution in [3.05, 3.63) is 66.0 Å². The van der Waals surface area contributed by atoms with Gasteiger partial charge in [0, 0.05) is 12.6 Å². The lowest BCUT2D eigenvalue weighted by atomic mass is 10.1. The number of nitrogens with zero attached hydrogens (tertiary/aromatic N) is 4. The Kier molecular flexibility index (Phi) is 5.75. The lowest BCUT2D eigenvalue weighted by Gasteiger charge is -2.25. The molecule has 0 fully saturated rings. The maximum absolute atomic E-state index is 13.1. The Balaban J connectivity index is 1.64. The highest BCUT2D eigenvalue weighted by atomic mass is 32.2. The highest BCUT2D eigenvalue weighted by Gasteiger charge is 2.19. The summed E-state index contributed by atoms with van der Waals surface area (Å²) in [6.07, 6.45) is 0. The number of carbonyl (C=O) groups excluding carboxylic acids is 1. The van der Waals surface area contributed by atoms with Crippen molar-refractivity contribution < 1.29 is 9.18 Å². The fourth-order valence-electron chi connectivity index (χ4n) is 2.57. The first kappa shape index (κ1) is 18.9. The molecule has 3 rings (SSSR count). The second kappa shape index (κ2) is 8.22. The third kappa shape index (κ3) is 4.28. The van der Waals surface area contributed by atoms with Gasteiger partial charge in [0.1, 0.15) is 5.82 Å². The zero-order chi connectivity index (χ0) is 19.4. The standard InChI is InChI=1S/C19H20FN5OS/c1-13(14-6-4-3-5-7-14)24(2)17(26)12-27-19-23-22-18(25(19)21)15-8-10-16(20)11-9-15/h3-11,13H,12,21H2,1-2H3. The minimum absolute atomic E-state index is 0.0372. The summed E-state index contributed by atoms with van der Waals surface area (Å²) in [5.74, 6) is 6.26. The van der Waals surface area contributed by atoms with E-state index in [1.807, 2.05) is 37.3 Å². The van der Waals surface area contributed by atoms with Gasteiger partial charge in [-0.3, -0.25) is 4.79 Å². The van der Waals surface area contributed by atoms with E-state index in [-0.39, 0.29) is 23.5 Å². The zero-order valence-electron chi connectivity index (χ0n) is 15.0. The number of nitrogen functional groups attached to an aromatic ring is 1. The molecule has 3 aromatic rings. The molecule has 0 aliphatic rings. The number of rotatable bonds is 6. The van der Waals surface area contributed by atoms with Gasteiger partial charge in [0.05, 0.1) is 11.8 Å². The molecule has 1 atom stereocenters. The molecule has 2 N–H and O–H groups in total. The van der Waals surface area contributed by atoms with Gasteiger partial charge in [-0.15, -0.1) is 10.2 Å². The smallest absolute Gasteiger partial charge is 0.233 e. The molecule has 0 radical (unpaired) electrons. The van der Waals surface area contributed by atoms with Crippen LogP contribution in [0, 0.1) is 5.82 Å². The predicted octanol–water partition coefficient (Wildman–Crippen LogP) is 3.11. The van der Waals surface area contributed by atoms with Crippen molar-refractivity contribution in [2.45, 2.75) is 18.1 Å². The Labute approximate surface area is 161 Å². The maximum atomic E-state index is 13.1. The Bertz CT molecular complexity index is 914. The van der Waals surface area contributed by atoms with Gasteiger partial charge in [-0.05, 0) is 36.8 Å². The fourth-order valence-corrected chi connectivity index (χ4v) is 3.35. The molecule has 0 aliphatic heterocycles. The SMILES string of the molecule is CC(c1ccccc1)N(C)C(=O)CSc1nnc(-c2ccc(F)cc2)n1N. The van der Waals surface area contributed by atoms with Gasteiger partial charge in [-0.1, -0.05) is 42.1 Å². The van der Waals surface area contributed by atoms with Crippen LogP contribution in [-0.2, 0) is 4.79 Å². The quantitative estimate of drug-likeness (QED) is 0.521. The zero-order valence-corrected chi connectivity index (χ0v) is 15.9. The molecule has 0 aliphatic carbocycles. The average molecular weight is 385 g/mol. The van der Waals surface area contributed by atoms with Crippen LogP contribution in [0.25, 0.3) is 11.4 Å². The van der Waals surface area contributed by atoms with E-state index in [1.54, 1.807) is 24.1 Å². The number of nitrogens with two attached hydrogens (primary N) is 1. The summed E-state index contributed by atoms with van der Waals surface area (Å²) in [6, 6.07) is 15.6. The molecule has 1 unspecified atom stereocenters. The van der Waals surface area contributed by atoms with Crippen molar-refractivity contribution in [3.8, 4) is 11.4 Å². The molecule has 0 spiro atoms. The first-order valence-electron chi connectivity index (χ1n) is 8.37. The van der Waals surface area contributed by atoms with Crippen LogP contribution in [0.2, 0.25) is 0 Å². The third-order valence-corrected chi connectivity index (χ3v) is 5.28. The largest absolute Gasteiger partial charge is 0.338 e. The first-order chi connectivity index (χ1) is 13.0. The Morgan fingerprint density at radius 2 is 1.85 bits per heavy atom. The topological polar surface area (TPSA) is 77.0 Å². The summed E-state index contributed by atoms with van der Waals surface area (Å²) >= 11 is 1.21. The van der Waals surface area contributed by atoms with E-state index in [0.717, 1.165) is 5.56 Å². The van der Waals surface area contributed by atoms with Crippen molar-refractivity contribution in [2.24, 2.45) is 0 Å². The van der Waals surface area contributed by atoms with E-state index in [0.29, 0.717) is 16.5 Å². The number of benzene rings is 2. The molecular weight excluding hydrogens is 365 g/mol. The normalized spacial score (nSPS) is 12.0. The minimum atomic E-state index is -0.336. The van der Waals surface area contributed by atoms with Crippen LogP contribution in [0.1, 0.15) is 18.5 Å². The third-order valence-electron chi connectivity index (χ3n) is 4.35. The first-order valence-corrected chi connectivity index (χ1v) is 9.35. The minimum Gasteiger partial charge on any atom is -0.338 e. The number of thioether (sulfide) groups is 1. The predicted molar refractivity (Wildman–Crippen MR) is 104 cm³/mol. The molecule has 1 amide bonds. The van der Waals surface area contributed by atoms with E-state index in [1.165, 1.54) is 28.6 Å². The number of amides is 1. The van der Waals surface area contributed by atoms with Gasteiger partial charge >= 0.3 is 0 Å². The number of hydrogen-bond acceptors (Lipinski definition) is 5. The van der Waals surface area contributed by atoms with Gasteiger partial charge in [-0.2, -0.15) is 0 Å². The number of carbonyl (C=O) groups is 1. The van der Waals surface area contributed by atoms with Crippen LogP contribution in [0.5, 0.6) is 0 Å². The molecule has 2 aromatic carbocycles. The van der Waals surface area contributed by atoms with Gasteiger partial charge in [0.15, 0.2) is 5.82 Å². The number of aromatic nitrogens is 3. The summed E-state index contributed by atoms with van der Waals surface area (Å²) in [4.78, 5) is 14.2. The number of hydrogen-bond donors (Lipinski definition) is 1. The van der Waals surface area contributed by atoms with Crippen LogP contribution >= 0.6 is 11.8 Å². The van der Waals surface area contributed by atoms with Gasteiger partial charge in [0.25, 0.3) is 0 Å². The molecule has 0 bridgehead atoms. The summed E-state index contributed by atoms with van der Waals surface area (Å²) in [6.45, 7) is 1.98. The fraction of sp³-hybridized carbons (Fsp3) is 0.211. The lowest BCUT2D eigenvalue weighted by Crippen LogP contribution is -2.31. The Morgan fingerprint density at radius 1 is 1.19 bits per heavy atom. The summed E-state index contributed by atoms with van der Waals surface area (Å²) in [5, 5.41) is 8.50. The van der Waals surface area contributed by atoms with Crippen LogP contribution in [0.15, 0.2) is 59.8 Å². The molecule has 0 saturated carbocycles. The van der Waals surface area contributed by atoms with E-state index >= 15 is 0 Å². The maximum Gasteiger partial charge on any atom is 0.233 e. The summed E-state index contributed by atoms with van der Waals surface area (Å²) in [7, 11) is 1.78. The van der Waals surface area contributed by atoms with Gasteiger partial charge < -0.3 is 10.7 Å². The molecule has 0 saturated heterocycles. The van der Waals surface area contributed by atoms with Crippen molar-refractivity contribution in [1.29, 1.82) is 0 Å². The van der Waals surface area contributed by atoms with E-state index in [4.69, 9.17) is 5.84 Å². The second-order valence-corrected chi connectivity index (χ2v) is 7.01. The molecule has 8 heteroatoms. The summed E-state index contributed by atoms with van der Waals surface area (Å²) < 4.78 is 14.4. The van der Waals surface area contributed by atoms with Crippen molar-refractivity contribution in [2.75, 3.05) is 18.6 Å². The van der Waals surface area contributed by atoms with E-state index in [9.17, 15) is 9.18 Å².